The summed E-state index contributed by atoms with van der Waals surface area (Å²) in [4.78, 5) is 14.7. The molecule has 1 aromatic rings. The maximum atomic E-state index is 12.7. The first-order valence-corrected chi connectivity index (χ1v) is 9.57. The highest BCUT2D eigenvalue weighted by Crippen LogP contribution is 2.35. The number of hydrogen-bond acceptors (Lipinski definition) is 3. The monoisotopic (exact) mass is 344 g/mol. The number of benzene rings is 1. The molecular weight excluding hydrogens is 316 g/mol. The third kappa shape index (κ3) is 3.67. The Morgan fingerprint density at radius 3 is 2.76 bits per heavy atom. The number of amides is 2. The zero-order chi connectivity index (χ0) is 17.2. The first kappa shape index (κ1) is 16.9. The van der Waals surface area contributed by atoms with Gasteiger partial charge < -0.3 is 19.7 Å². The van der Waals surface area contributed by atoms with Crippen LogP contribution in [0.5, 0.6) is 0 Å². The highest BCUT2D eigenvalue weighted by molar-refractivity contribution is 5.75. The number of nitrogens with zero attached hydrogens (tertiary/aromatic N) is 1. The summed E-state index contributed by atoms with van der Waals surface area (Å²) in [5.74, 6) is 0.449. The van der Waals surface area contributed by atoms with E-state index in [0.717, 1.165) is 52.0 Å². The zero-order valence-corrected chi connectivity index (χ0v) is 14.9. The largest absolute Gasteiger partial charge is 0.379 e. The minimum absolute atomic E-state index is 0.0659. The van der Waals surface area contributed by atoms with Crippen LogP contribution >= 0.6 is 0 Å². The number of ether oxygens (including phenoxy) is 2. The van der Waals surface area contributed by atoms with Crippen LogP contribution in [0.1, 0.15) is 43.4 Å². The van der Waals surface area contributed by atoms with E-state index in [2.05, 4.69) is 36.5 Å². The molecule has 5 heteroatoms. The molecule has 2 aliphatic heterocycles. The molecule has 3 aliphatic rings. The molecule has 0 radical (unpaired) electrons. The van der Waals surface area contributed by atoms with Gasteiger partial charge in [-0.05, 0) is 42.7 Å². The summed E-state index contributed by atoms with van der Waals surface area (Å²) in [6, 6.07) is 8.66. The number of carbonyl (C=O) groups excluding carboxylic acids is 1. The number of fused-ring (bicyclic) bond motifs is 1. The molecule has 25 heavy (non-hydrogen) atoms. The van der Waals surface area contributed by atoms with E-state index in [0.29, 0.717) is 5.92 Å². The third-order valence-electron chi connectivity index (χ3n) is 5.78. The Balaban J connectivity index is 1.29. The molecular formula is C20H28N2O3. The number of carbonyl (C=O) groups is 1. The van der Waals surface area contributed by atoms with E-state index in [9.17, 15) is 4.79 Å². The molecule has 1 aromatic carbocycles. The quantitative estimate of drug-likeness (QED) is 0.917. The van der Waals surface area contributed by atoms with Crippen LogP contribution in [-0.4, -0.2) is 49.4 Å². The molecule has 0 spiro atoms. The molecule has 0 unspecified atom stereocenters. The summed E-state index contributed by atoms with van der Waals surface area (Å²) in [6.45, 7) is 5.29. The van der Waals surface area contributed by atoms with Crippen molar-refractivity contribution in [1.82, 2.24) is 10.2 Å². The summed E-state index contributed by atoms with van der Waals surface area (Å²) >= 11 is 0. The van der Waals surface area contributed by atoms with E-state index in [1.807, 2.05) is 4.90 Å². The molecule has 3 atom stereocenters. The van der Waals surface area contributed by atoms with Gasteiger partial charge in [0.1, 0.15) is 0 Å². The van der Waals surface area contributed by atoms with Gasteiger partial charge in [0.15, 0.2) is 0 Å². The van der Waals surface area contributed by atoms with Gasteiger partial charge in [0.2, 0.25) is 0 Å². The van der Waals surface area contributed by atoms with Crippen molar-refractivity contribution in [2.45, 2.75) is 50.9 Å². The zero-order valence-electron chi connectivity index (χ0n) is 14.9. The number of nitrogens with one attached hydrogen (secondary N) is 1. The van der Waals surface area contributed by atoms with Crippen LogP contribution in [0.15, 0.2) is 24.3 Å². The van der Waals surface area contributed by atoms with Crippen molar-refractivity contribution >= 4 is 6.03 Å². The second kappa shape index (κ2) is 7.34. The van der Waals surface area contributed by atoms with Crippen LogP contribution in [0.25, 0.3) is 0 Å². The Morgan fingerprint density at radius 2 is 2.00 bits per heavy atom. The molecule has 2 fully saturated rings. The van der Waals surface area contributed by atoms with Gasteiger partial charge in [0.25, 0.3) is 0 Å². The molecule has 0 saturated carbocycles. The van der Waals surface area contributed by atoms with Gasteiger partial charge in [-0.15, -0.1) is 0 Å². The predicted octanol–water partition coefficient (Wildman–Crippen LogP) is 2.90. The van der Waals surface area contributed by atoms with Gasteiger partial charge in [-0.1, -0.05) is 31.2 Å². The molecule has 1 aliphatic carbocycles. The molecule has 5 nitrogen and oxygen atoms in total. The van der Waals surface area contributed by atoms with E-state index in [-0.39, 0.29) is 24.3 Å². The van der Waals surface area contributed by atoms with Gasteiger partial charge in [-0.2, -0.15) is 0 Å². The lowest BCUT2D eigenvalue weighted by Crippen LogP contribution is -2.47. The van der Waals surface area contributed by atoms with Gasteiger partial charge >= 0.3 is 6.03 Å². The van der Waals surface area contributed by atoms with Crippen molar-refractivity contribution in [3.8, 4) is 0 Å². The van der Waals surface area contributed by atoms with Crippen LogP contribution < -0.4 is 5.32 Å². The number of piperidine rings is 1. The van der Waals surface area contributed by atoms with Crippen molar-refractivity contribution in [1.29, 1.82) is 0 Å². The van der Waals surface area contributed by atoms with Gasteiger partial charge in [0, 0.05) is 19.7 Å². The maximum Gasteiger partial charge on any atom is 0.317 e. The minimum atomic E-state index is 0.0659. The normalized spacial score (nSPS) is 29.6. The van der Waals surface area contributed by atoms with Crippen LogP contribution in [0, 0.1) is 5.92 Å². The van der Waals surface area contributed by atoms with Gasteiger partial charge in [-0.3, -0.25) is 0 Å². The Morgan fingerprint density at radius 1 is 1.20 bits per heavy atom. The first-order valence-electron chi connectivity index (χ1n) is 9.57. The smallest absolute Gasteiger partial charge is 0.317 e. The fourth-order valence-corrected chi connectivity index (χ4v) is 4.33. The van der Waals surface area contributed by atoms with Gasteiger partial charge in [-0.25, -0.2) is 4.79 Å². The van der Waals surface area contributed by atoms with Gasteiger partial charge in [0.05, 0.1) is 24.9 Å². The van der Waals surface area contributed by atoms with Crippen molar-refractivity contribution < 1.29 is 14.3 Å². The third-order valence-corrected chi connectivity index (χ3v) is 5.78. The molecule has 2 amide bonds. The molecule has 1 N–H and O–H groups in total. The topological polar surface area (TPSA) is 50.8 Å². The lowest BCUT2D eigenvalue weighted by Gasteiger charge is -2.34. The lowest BCUT2D eigenvalue weighted by atomic mass is 10.0. The van der Waals surface area contributed by atoms with Crippen molar-refractivity contribution in [2.24, 2.45) is 5.92 Å². The SMILES string of the molecule is C[C@@H]1Cc2ccccc2[C@H]1NC(=O)N1CCC(O[C@H]2CCOC2)CC1. The maximum absolute atomic E-state index is 12.7. The summed E-state index contributed by atoms with van der Waals surface area (Å²) < 4.78 is 11.5. The van der Waals surface area contributed by atoms with Crippen LogP contribution in [0.4, 0.5) is 4.79 Å². The fraction of sp³-hybridized carbons (Fsp3) is 0.650. The van der Waals surface area contributed by atoms with E-state index in [1.54, 1.807) is 0 Å². The predicted molar refractivity (Wildman–Crippen MR) is 95.5 cm³/mol. The molecule has 2 heterocycles. The highest BCUT2D eigenvalue weighted by Gasteiger charge is 2.33. The Labute approximate surface area is 149 Å². The summed E-state index contributed by atoms with van der Waals surface area (Å²) in [7, 11) is 0. The van der Waals surface area contributed by atoms with Crippen molar-refractivity contribution in [3.05, 3.63) is 35.4 Å². The summed E-state index contributed by atoms with van der Waals surface area (Å²) in [5.41, 5.74) is 2.65. The summed E-state index contributed by atoms with van der Waals surface area (Å²) in [5, 5.41) is 3.27. The lowest BCUT2D eigenvalue weighted by molar-refractivity contribution is -0.0393. The van der Waals surface area contributed by atoms with Crippen LogP contribution in [0.3, 0.4) is 0 Å². The Hall–Kier alpha value is -1.59. The van der Waals surface area contributed by atoms with Crippen molar-refractivity contribution in [2.75, 3.05) is 26.3 Å². The molecule has 136 valence electrons. The molecule has 0 aromatic heterocycles. The van der Waals surface area contributed by atoms with E-state index < -0.39 is 0 Å². The first-order chi connectivity index (χ1) is 12.2. The minimum Gasteiger partial charge on any atom is -0.379 e. The molecule has 0 bridgehead atoms. The Bertz CT molecular complexity index is 607. The summed E-state index contributed by atoms with van der Waals surface area (Å²) in [6.07, 6.45) is 4.39. The average Bonchev–Trinajstić information content (AvgIpc) is 3.24. The van der Waals surface area contributed by atoms with E-state index in [1.165, 1.54) is 11.1 Å². The molecule has 4 rings (SSSR count). The second-order valence-corrected chi connectivity index (χ2v) is 7.62. The molecule has 2 saturated heterocycles. The number of urea groups is 1. The highest BCUT2D eigenvalue weighted by atomic mass is 16.5. The van der Waals surface area contributed by atoms with E-state index in [4.69, 9.17) is 9.47 Å². The van der Waals surface area contributed by atoms with Crippen LogP contribution in [0.2, 0.25) is 0 Å². The average molecular weight is 344 g/mol. The second-order valence-electron chi connectivity index (χ2n) is 7.62. The van der Waals surface area contributed by atoms with Crippen molar-refractivity contribution in [3.63, 3.8) is 0 Å². The van der Waals surface area contributed by atoms with Crippen LogP contribution in [-0.2, 0) is 15.9 Å². The standard InChI is InChI=1S/C20H28N2O3/c1-14-12-15-4-2-3-5-18(15)19(14)21-20(23)22-9-6-16(7-10-22)25-17-8-11-24-13-17/h2-5,14,16-17,19H,6-13H2,1H3,(H,21,23)/t14-,17+,19+/m1/s1. The number of hydrogen-bond donors (Lipinski definition) is 1. The number of rotatable bonds is 3. The fourth-order valence-electron chi connectivity index (χ4n) is 4.33. The number of likely N-dealkylation sites (tertiary alicyclic amines) is 1. The Kier molecular flexibility index (Phi) is 4.95. The van der Waals surface area contributed by atoms with E-state index >= 15 is 0 Å².